The van der Waals surface area contributed by atoms with Crippen molar-refractivity contribution in [2.75, 3.05) is 18.8 Å². The summed E-state index contributed by atoms with van der Waals surface area (Å²) in [6.45, 7) is 12.0. The van der Waals surface area contributed by atoms with Crippen LogP contribution in [0.2, 0.25) is 0 Å². The number of Topliss-reactive ketones (excluding diaryl/α,β-unsaturated/α-hetero) is 1. The first-order valence-corrected chi connectivity index (χ1v) is 7.17. The Balaban J connectivity index is 3.91. The van der Waals surface area contributed by atoms with Crippen LogP contribution in [0.3, 0.4) is 0 Å². The molecule has 94 valence electrons. The fourth-order valence-corrected chi connectivity index (χ4v) is 2.59. The molecule has 0 N–H and O–H groups in total. The SMILES string of the molecule is CCN(CC)C(=S)SCCC(=O)C(C)(C)C. The number of carbonyl (C=O) groups is 1. The summed E-state index contributed by atoms with van der Waals surface area (Å²) < 4.78 is 0.909. The van der Waals surface area contributed by atoms with Gasteiger partial charge in [0.05, 0.1) is 0 Å². The smallest absolute Gasteiger partial charge is 0.139 e. The third kappa shape index (κ3) is 5.85. The van der Waals surface area contributed by atoms with Gasteiger partial charge >= 0.3 is 0 Å². The van der Waals surface area contributed by atoms with Crippen LogP contribution in [0.5, 0.6) is 0 Å². The summed E-state index contributed by atoms with van der Waals surface area (Å²) >= 11 is 6.91. The Hall–Kier alpha value is -0.0900. The molecule has 0 unspecified atom stereocenters. The molecule has 0 spiro atoms. The second-order valence-electron chi connectivity index (χ2n) is 4.71. The van der Waals surface area contributed by atoms with Crippen molar-refractivity contribution in [3.63, 3.8) is 0 Å². The molecule has 0 amide bonds. The maximum atomic E-state index is 11.7. The Morgan fingerprint density at radius 2 is 1.75 bits per heavy atom. The van der Waals surface area contributed by atoms with Crippen molar-refractivity contribution in [3.05, 3.63) is 0 Å². The van der Waals surface area contributed by atoms with Crippen molar-refractivity contribution in [1.82, 2.24) is 4.90 Å². The number of rotatable bonds is 5. The largest absolute Gasteiger partial charge is 0.358 e. The van der Waals surface area contributed by atoms with Gasteiger partial charge < -0.3 is 4.90 Å². The van der Waals surface area contributed by atoms with Crippen molar-refractivity contribution in [2.24, 2.45) is 5.41 Å². The molecular weight excluding hydrogens is 238 g/mol. The predicted octanol–water partition coefficient (Wildman–Crippen LogP) is 3.35. The van der Waals surface area contributed by atoms with E-state index in [1.807, 2.05) is 20.8 Å². The number of thioether (sulfide) groups is 1. The van der Waals surface area contributed by atoms with Crippen LogP contribution in [0.15, 0.2) is 0 Å². The van der Waals surface area contributed by atoms with Crippen LogP contribution in [-0.2, 0) is 4.79 Å². The van der Waals surface area contributed by atoms with Gasteiger partial charge in [0.1, 0.15) is 10.1 Å². The van der Waals surface area contributed by atoms with Crippen LogP contribution >= 0.6 is 24.0 Å². The van der Waals surface area contributed by atoms with E-state index in [-0.39, 0.29) is 5.41 Å². The van der Waals surface area contributed by atoms with Crippen LogP contribution in [0.25, 0.3) is 0 Å². The van der Waals surface area contributed by atoms with E-state index in [9.17, 15) is 4.79 Å². The summed E-state index contributed by atoms with van der Waals surface area (Å²) in [5.41, 5.74) is -0.225. The highest BCUT2D eigenvalue weighted by Gasteiger charge is 2.20. The summed E-state index contributed by atoms with van der Waals surface area (Å²) in [7, 11) is 0. The van der Waals surface area contributed by atoms with E-state index in [0.29, 0.717) is 12.2 Å². The van der Waals surface area contributed by atoms with Gasteiger partial charge in [0.2, 0.25) is 0 Å². The molecule has 0 aliphatic rings. The molecule has 0 aliphatic heterocycles. The highest BCUT2D eigenvalue weighted by molar-refractivity contribution is 8.22. The van der Waals surface area contributed by atoms with Gasteiger partial charge in [-0.3, -0.25) is 4.79 Å². The molecule has 0 saturated carbocycles. The topological polar surface area (TPSA) is 20.3 Å². The lowest BCUT2D eigenvalue weighted by Gasteiger charge is -2.21. The molecule has 0 saturated heterocycles. The van der Waals surface area contributed by atoms with Crippen LogP contribution in [0.1, 0.15) is 41.0 Å². The first-order valence-electron chi connectivity index (χ1n) is 5.77. The minimum atomic E-state index is -0.225. The first-order chi connectivity index (χ1) is 7.32. The first kappa shape index (κ1) is 15.9. The third-order valence-corrected chi connectivity index (χ3v) is 3.94. The summed E-state index contributed by atoms with van der Waals surface area (Å²) in [5, 5.41) is 0. The van der Waals surface area contributed by atoms with Gasteiger partial charge in [-0.15, -0.1) is 0 Å². The number of carbonyl (C=O) groups excluding carboxylic acids is 1. The predicted molar refractivity (Wildman–Crippen MR) is 77.1 cm³/mol. The Morgan fingerprint density at radius 1 is 1.25 bits per heavy atom. The van der Waals surface area contributed by atoms with Crippen LogP contribution < -0.4 is 0 Å². The lowest BCUT2D eigenvalue weighted by molar-refractivity contribution is -0.125. The standard InChI is InChI=1S/C12H23NOS2/c1-6-13(7-2)11(15)16-9-8-10(14)12(3,4)5/h6-9H2,1-5H3. The average molecular weight is 261 g/mol. The molecule has 4 heteroatoms. The van der Waals surface area contributed by atoms with Gasteiger partial charge in [0.15, 0.2) is 0 Å². The highest BCUT2D eigenvalue weighted by atomic mass is 32.2. The molecule has 0 atom stereocenters. The van der Waals surface area contributed by atoms with E-state index < -0.39 is 0 Å². The highest BCUT2D eigenvalue weighted by Crippen LogP contribution is 2.19. The van der Waals surface area contributed by atoms with Crippen molar-refractivity contribution < 1.29 is 4.79 Å². The molecule has 16 heavy (non-hydrogen) atoms. The fraction of sp³-hybridized carbons (Fsp3) is 0.833. The van der Waals surface area contributed by atoms with Crippen molar-refractivity contribution in [2.45, 2.75) is 41.0 Å². The average Bonchev–Trinajstić information content (AvgIpc) is 2.18. The monoisotopic (exact) mass is 261 g/mol. The zero-order valence-electron chi connectivity index (χ0n) is 11.0. The molecule has 0 aromatic carbocycles. The Kier molecular flexibility index (Phi) is 7.24. The zero-order chi connectivity index (χ0) is 12.8. The van der Waals surface area contributed by atoms with Gasteiger partial charge in [0, 0.05) is 30.7 Å². The minimum Gasteiger partial charge on any atom is -0.358 e. The Labute approximate surface area is 109 Å². The summed E-state index contributed by atoms with van der Waals surface area (Å²) in [6, 6.07) is 0. The lowest BCUT2D eigenvalue weighted by Crippen LogP contribution is -2.27. The minimum absolute atomic E-state index is 0.225. The molecular formula is C12H23NOS2. The van der Waals surface area contributed by atoms with E-state index in [4.69, 9.17) is 12.2 Å². The number of thiocarbonyl (C=S) groups is 1. The summed E-state index contributed by atoms with van der Waals surface area (Å²) in [4.78, 5) is 13.8. The molecule has 0 aromatic rings. The van der Waals surface area contributed by atoms with Gasteiger partial charge in [-0.25, -0.2) is 0 Å². The number of hydrogen-bond acceptors (Lipinski definition) is 3. The fourth-order valence-electron chi connectivity index (χ4n) is 1.18. The van der Waals surface area contributed by atoms with Crippen molar-refractivity contribution in [1.29, 1.82) is 0 Å². The van der Waals surface area contributed by atoms with Crippen LogP contribution in [0, 0.1) is 5.41 Å². The number of nitrogens with zero attached hydrogens (tertiary/aromatic N) is 1. The van der Waals surface area contributed by atoms with Crippen molar-refractivity contribution in [3.8, 4) is 0 Å². The van der Waals surface area contributed by atoms with E-state index in [2.05, 4.69) is 18.7 Å². The van der Waals surface area contributed by atoms with Crippen LogP contribution in [-0.4, -0.2) is 33.8 Å². The van der Waals surface area contributed by atoms with Crippen molar-refractivity contribution >= 4 is 34.1 Å². The van der Waals surface area contributed by atoms with Gasteiger partial charge in [-0.2, -0.15) is 0 Å². The maximum absolute atomic E-state index is 11.7. The maximum Gasteiger partial charge on any atom is 0.139 e. The Bertz CT molecular complexity index is 242. The number of hydrogen-bond donors (Lipinski definition) is 0. The molecule has 2 nitrogen and oxygen atoms in total. The van der Waals surface area contributed by atoms with E-state index >= 15 is 0 Å². The van der Waals surface area contributed by atoms with Crippen LogP contribution in [0.4, 0.5) is 0 Å². The molecule has 0 aliphatic carbocycles. The van der Waals surface area contributed by atoms with E-state index in [0.717, 1.165) is 23.2 Å². The van der Waals surface area contributed by atoms with Gasteiger partial charge in [-0.05, 0) is 13.8 Å². The molecule has 0 radical (unpaired) electrons. The van der Waals surface area contributed by atoms with Gasteiger partial charge in [-0.1, -0.05) is 44.8 Å². The zero-order valence-corrected chi connectivity index (χ0v) is 12.6. The molecule has 0 bridgehead atoms. The molecule has 0 aromatic heterocycles. The quantitative estimate of drug-likeness (QED) is 0.707. The summed E-state index contributed by atoms with van der Waals surface area (Å²) in [5.74, 6) is 1.10. The normalized spacial score (nSPS) is 11.3. The lowest BCUT2D eigenvalue weighted by atomic mass is 9.89. The van der Waals surface area contributed by atoms with Gasteiger partial charge in [0.25, 0.3) is 0 Å². The number of ketones is 1. The molecule has 0 heterocycles. The van der Waals surface area contributed by atoms with E-state index in [1.165, 1.54) is 0 Å². The molecule has 0 rings (SSSR count). The van der Waals surface area contributed by atoms with E-state index in [1.54, 1.807) is 11.8 Å². The summed E-state index contributed by atoms with van der Waals surface area (Å²) in [6.07, 6.45) is 0.607. The molecule has 0 fully saturated rings. The Morgan fingerprint density at radius 3 is 2.12 bits per heavy atom. The third-order valence-electron chi connectivity index (χ3n) is 2.41. The second-order valence-corrected chi connectivity index (χ2v) is 6.44. The second kappa shape index (κ2) is 7.28.